The van der Waals surface area contributed by atoms with E-state index in [1.807, 2.05) is 0 Å². The predicted molar refractivity (Wildman–Crippen MR) is 186 cm³/mol. The average molecular weight is 729 g/mol. The van der Waals surface area contributed by atoms with Crippen molar-refractivity contribution in [2.24, 2.45) is 0 Å². The second-order valence-corrected chi connectivity index (χ2v) is 41.7. The third kappa shape index (κ3) is 7.60. The molecule has 6 heteroatoms. The molecular weight excluding hydrogens is 690 g/mol. The second kappa shape index (κ2) is 13.7. The van der Waals surface area contributed by atoms with Crippen LogP contribution in [0.3, 0.4) is 0 Å². The van der Waals surface area contributed by atoms with Crippen molar-refractivity contribution in [2.45, 2.75) is 49.9 Å². The Balaban J connectivity index is 2.14. The molecule has 1 fully saturated rings. The van der Waals surface area contributed by atoms with Gasteiger partial charge in [0.25, 0.3) is 0 Å². The first-order valence-corrected chi connectivity index (χ1v) is 39.8. The van der Waals surface area contributed by atoms with Gasteiger partial charge in [-0.1, -0.05) is 0 Å². The van der Waals surface area contributed by atoms with Gasteiger partial charge in [-0.05, 0) is 0 Å². The van der Waals surface area contributed by atoms with Crippen LogP contribution < -0.4 is 15.6 Å². The Labute approximate surface area is 256 Å². The van der Waals surface area contributed by atoms with E-state index in [-0.39, 0.29) is 0 Å². The van der Waals surface area contributed by atoms with Crippen molar-refractivity contribution in [1.29, 1.82) is 0 Å². The first-order valence-electron chi connectivity index (χ1n) is 14.4. The molecule has 0 amide bonds. The number of hydrogen-bond acceptors (Lipinski definition) is 0. The summed E-state index contributed by atoms with van der Waals surface area (Å²) in [6, 6.07) is 34.5. The monoisotopic (exact) mass is 726 g/mol. The molecule has 3 aromatic rings. The minimum absolute atomic E-state index is 1.23. The van der Waals surface area contributed by atoms with Crippen LogP contribution in [-0.2, 0) is 0 Å². The van der Waals surface area contributed by atoms with Crippen LogP contribution in [0.4, 0.5) is 0 Å². The van der Waals surface area contributed by atoms with Crippen molar-refractivity contribution in [1.82, 2.24) is 0 Å². The molecule has 4 rings (SSSR count). The van der Waals surface area contributed by atoms with E-state index in [9.17, 15) is 0 Å². The van der Waals surface area contributed by atoms with E-state index < -0.39 is 72.9 Å². The van der Waals surface area contributed by atoms with Crippen LogP contribution in [0.2, 0.25) is 49.9 Å². The number of benzene rings is 3. The molecule has 3 aromatic carbocycles. The van der Waals surface area contributed by atoms with E-state index in [0.717, 1.165) is 0 Å². The van der Waals surface area contributed by atoms with Gasteiger partial charge >= 0.3 is 259 Å². The van der Waals surface area contributed by atoms with Gasteiger partial charge in [-0.15, -0.1) is 0 Å². The van der Waals surface area contributed by atoms with Gasteiger partial charge in [0.2, 0.25) is 0 Å². The van der Waals surface area contributed by atoms with Crippen LogP contribution in [0.25, 0.3) is 0 Å². The molecule has 1 aliphatic rings. The van der Waals surface area contributed by atoms with Gasteiger partial charge in [0.15, 0.2) is 0 Å². The summed E-state index contributed by atoms with van der Waals surface area (Å²) in [7, 11) is -6.77. The fraction of sp³-hybridized carbons (Fsp3) is 0.273. The van der Waals surface area contributed by atoms with E-state index in [1.165, 1.54) is 32.6 Å². The summed E-state index contributed by atoms with van der Waals surface area (Å²) in [5, 5.41) is 4.59. The summed E-state index contributed by atoms with van der Waals surface area (Å²) in [5.41, 5.74) is 30.9. The summed E-state index contributed by atoms with van der Waals surface area (Å²) < 4.78 is 11.8. The summed E-state index contributed by atoms with van der Waals surface area (Å²) in [4.78, 5) is 0. The normalized spacial score (nSPS) is 23.5. The number of hydrogen-bond donors (Lipinski definition) is 0. The molecule has 0 radical (unpaired) electrons. The van der Waals surface area contributed by atoms with E-state index in [2.05, 4.69) is 154 Å². The maximum absolute atomic E-state index is 4.21. The van der Waals surface area contributed by atoms with Gasteiger partial charge in [0.05, 0.1) is 0 Å². The number of rotatable bonds is 3. The SMILES string of the molecule is [CH3][Ga]([CH3])[C]#C[Si]1(c2ccccc2)C[Si](C#[C][Ga]([CH3])[CH3])(c2ccccc2)C[Si](C#[C][Ga]([CH3])[CH3])(c2ccccc2)C1. The fourth-order valence-corrected chi connectivity index (χ4v) is 45.5. The summed E-state index contributed by atoms with van der Waals surface area (Å²) in [6.45, 7) is 0. The zero-order valence-corrected chi connectivity index (χ0v) is 34.8. The van der Waals surface area contributed by atoms with E-state index >= 15 is 0 Å². The van der Waals surface area contributed by atoms with Crippen LogP contribution in [0.5, 0.6) is 0 Å². The quantitative estimate of drug-likeness (QED) is 0.258. The van der Waals surface area contributed by atoms with Gasteiger partial charge < -0.3 is 0 Å². The van der Waals surface area contributed by atoms with Crippen molar-refractivity contribution in [3.63, 3.8) is 0 Å². The van der Waals surface area contributed by atoms with Gasteiger partial charge in [0, 0.05) is 0 Å². The first-order chi connectivity index (χ1) is 18.7. The molecule has 0 aromatic heterocycles. The van der Waals surface area contributed by atoms with Crippen LogP contribution in [0, 0.1) is 30.1 Å². The summed E-state index contributed by atoms with van der Waals surface area (Å²) in [5.74, 6) is 0. The van der Waals surface area contributed by atoms with Crippen LogP contribution in [0.15, 0.2) is 91.0 Å². The van der Waals surface area contributed by atoms with E-state index in [4.69, 9.17) is 0 Å². The standard InChI is InChI=1S/C27H21Si3.6CH3.3Ga/c1-4-28(25-16-10-7-11-17-25)22-29(5-2,26-18-12-8-13-19-26)24-30(6-3,23-28)27-20-14-9-15-21-27;;;;;;;;;/h7-21H,22-24H2;6*1H3;;;. The third-order valence-electron chi connectivity index (χ3n) is 7.59. The predicted octanol–water partition coefficient (Wildman–Crippen LogP) is 5.19. The topological polar surface area (TPSA) is 0 Å². The fourth-order valence-electron chi connectivity index (χ4n) is 5.95. The Morgan fingerprint density at radius 3 is 0.846 bits per heavy atom. The molecule has 0 aliphatic carbocycles. The van der Waals surface area contributed by atoms with Gasteiger partial charge in [-0.3, -0.25) is 0 Å². The van der Waals surface area contributed by atoms with Crippen molar-refractivity contribution >= 4 is 88.4 Å². The van der Waals surface area contributed by atoms with Crippen molar-refractivity contribution in [2.75, 3.05) is 0 Å². The van der Waals surface area contributed by atoms with Crippen molar-refractivity contribution in [3.05, 3.63) is 91.0 Å². The molecule has 1 heterocycles. The minimum atomic E-state index is -2.26. The summed E-state index contributed by atoms with van der Waals surface area (Å²) >= 11 is -4.65. The van der Waals surface area contributed by atoms with Crippen molar-refractivity contribution in [3.8, 4) is 30.1 Å². The molecule has 0 saturated carbocycles. The zero-order valence-electron chi connectivity index (χ0n) is 24.5. The Kier molecular flexibility index (Phi) is 10.8. The zero-order chi connectivity index (χ0) is 27.9. The van der Waals surface area contributed by atoms with Gasteiger partial charge in [-0.2, -0.15) is 0 Å². The Bertz CT molecular complexity index is 1250. The van der Waals surface area contributed by atoms with Crippen LogP contribution in [-0.4, -0.2) is 72.9 Å². The molecule has 1 saturated heterocycles. The average Bonchev–Trinajstić information content (AvgIpc) is 2.95. The molecule has 192 valence electrons. The van der Waals surface area contributed by atoms with Crippen LogP contribution >= 0.6 is 0 Å². The van der Waals surface area contributed by atoms with Gasteiger partial charge in [0.1, 0.15) is 0 Å². The molecule has 0 unspecified atom stereocenters. The molecule has 0 spiro atoms. The molecule has 0 bridgehead atoms. The third-order valence-corrected chi connectivity index (χ3v) is 34.6. The Morgan fingerprint density at radius 1 is 0.410 bits per heavy atom. The van der Waals surface area contributed by atoms with E-state index in [0.29, 0.717) is 0 Å². The molecular formula is C33H39Ga3Si3. The molecule has 39 heavy (non-hydrogen) atoms. The molecule has 0 N–H and O–H groups in total. The summed E-state index contributed by atoms with van der Waals surface area (Å²) in [6.07, 6.45) is 0. The Morgan fingerprint density at radius 2 is 0.641 bits per heavy atom. The van der Waals surface area contributed by atoms with Gasteiger partial charge in [-0.25, -0.2) is 0 Å². The van der Waals surface area contributed by atoms with E-state index in [1.54, 1.807) is 0 Å². The van der Waals surface area contributed by atoms with Crippen molar-refractivity contribution < 1.29 is 0 Å². The van der Waals surface area contributed by atoms with Crippen LogP contribution in [0.1, 0.15) is 0 Å². The first kappa shape index (κ1) is 30.8. The second-order valence-electron chi connectivity index (χ2n) is 12.1. The molecule has 1 aliphatic heterocycles. The maximum atomic E-state index is 4.21. The molecule has 0 nitrogen and oxygen atoms in total. The Hall–Kier alpha value is -1.10. The molecule has 0 atom stereocenters.